The minimum Gasteiger partial charge on any atom is -0.298 e. The fraction of sp³-hybridized carbons (Fsp3) is 0. The van der Waals surface area contributed by atoms with E-state index in [9.17, 15) is 4.79 Å². The summed E-state index contributed by atoms with van der Waals surface area (Å²) in [6.07, 6.45) is 2.09. The zero-order valence-corrected chi connectivity index (χ0v) is 10.7. The third kappa shape index (κ3) is 2.60. The average Bonchev–Trinajstić information content (AvgIpc) is 2.33. The number of halogens is 3. The Labute approximate surface area is 113 Å². The van der Waals surface area contributed by atoms with Crippen molar-refractivity contribution in [1.82, 2.24) is 4.98 Å². The van der Waals surface area contributed by atoms with E-state index < -0.39 is 0 Å². The highest BCUT2D eigenvalue weighted by molar-refractivity contribution is 6.35. The van der Waals surface area contributed by atoms with Gasteiger partial charge in [0.25, 0.3) is 0 Å². The summed E-state index contributed by atoms with van der Waals surface area (Å²) < 4.78 is 0. The molecule has 0 fully saturated rings. The van der Waals surface area contributed by atoms with Gasteiger partial charge in [-0.25, -0.2) is 0 Å². The number of benzene rings is 1. The van der Waals surface area contributed by atoms with Crippen molar-refractivity contribution >= 4 is 41.1 Å². The molecule has 2 aromatic rings. The molecular formula is C12H6Cl3NO. The highest BCUT2D eigenvalue weighted by Crippen LogP contribution is 2.30. The lowest BCUT2D eigenvalue weighted by molar-refractivity contribution is 0.112. The topological polar surface area (TPSA) is 30.0 Å². The molecule has 5 heteroatoms. The second-order valence-electron chi connectivity index (χ2n) is 3.33. The summed E-state index contributed by atoms with van der Waals surface area (Å²) in [5, 5.41) is 1.37. The Morgan fingerprint density at radius 1 is 1.06 bits per heavy atom. The second-order valence-corrected chi connectivity index (χ2v) is 4.58. The van der Waals surface area contributed by atoms with Crippen molar-refractivity contribution in [3.05, 3.63) is 51.1 Å². The zero-order valence-electron chi connectivity index (χ0n) is 8.45. The molecule has 1 aromatic heterocycles. The molecule has 0 N–H and O–H groups in total. The van der Waals surface area contributed by atoms with Crippen LogP contribution in [-0.2, 0) is 0 Å². The summed E-state index contributed by atoms with van der Waals surface area (Å²) in [5.74, 6) is 0. The molecule has 0 radical (unpaired) electrons. The van der Waals surface area contributed by atoms with Crippen molar-refractivity contribution < 1.29 is 4.79 Å². The molecule has 0 bridgehead atoms. The van der Waals surface area contributed by atoms with Gasteiger partial charge in [-0.05, 0) is 24.3 Å². The molecule has 0 amide bonds. The van der Waals surface area contributed by atoms with E-state index in [1.165, 1.54) is 6.20 Å². The molecule has 0 spiro atoms. The summed E-state index contributed by atoms with van der Waals surface area (Å²) in [6, 6.07) is 6.63. The molecule has 0 aliphatic heterocycles. The van der Waals surface area contributed by atoms with Crippen molar-refractivity contribution in [2.75, 3.05) is 0 Å². The molecule has 2 rings (SSSR count). The number of rotatable bonds is 2. The molecule has 2 nitrogen and oxygen atoms in total. The van der Waals surface area contributed by atoms with E-state index in [-0.39, 0.29) is 0 Å². The molecule has 0 aliphatic carbocycles. The van der Waals surface area contributed by atoms with Gasteiger partial charge < -0.3 is 0 Å². The maximum absolute atomic E-state index is 10.8. The average molecular weight is 287 g/mol. The van der Waals surface area contributed by atoms with E-state index in [2.05, 4.69) is 4.98 Å². The third-order valence-corrected chi connectivity index (χ3v) is 3.10. The lowest BCUT2D eigenvalue weighted by Gasteiger charge is -2.05. The summed E-state index contributed by atoms with van der Waals surface area (Å²) in [4.78, 5) is 14.9. The highest BCUT2D eigenvalue weighted by atomic mass is 35.5. The molecule has 86 valence electrons. The van der Waals surface area contributed by atoms with E-state index in [1.807, 2.05) is 0 Å². The SMILES string of the molecule is O=Cc1cc(-c2cc(Cl)ccc2Cl)ncc1Cl. The van der Waals surface area contributed by atoms with Gasteiger partial charge in [0.05, 0.1) is 15.7 Å². The minimum absolute atomic E-state index is 0.307. The lowest BCUT2D eigenvalue weighted by atomic mass is 10.1. The number of aromatic nitrogens is 1. The molecular weight excluding hydrogens is 280 g/mol. The second kappa shape index (κ2) is 5.05. The van der Waals surface area contributed by atoms with Crippen LogP contribution in [0.15, 0.2) is 30.5 Å². The van der Waals surface area contributed by atoms with Gasteiger partial charge in [0.1, 0.15) is 0 Å². The standard InChI is InChI=1S/C12H6Cl3NO/c13-8-1-2-10(14)9(4-8)12-3-7(6-17)11(15)5-16-12/h1-6H. The van der Waals surface area contributed by atoms with Crippen LogP contribution < -0.4 is 0 Å². The van der Waals surface area contributed by atoms with Crippen LogP contribution in [0, 0.1) is 0 Å². The smallest absolute Gasteiger partial charge is 0.151 e. The Morgan fingerprint density at radius 2 is 1.82 bits per heavy atom. The maximum atomic E-state index is 10.8. The number of hydrogen-bond acceptors (Lipinski definition) is 2. The number of carbonyl (C=O) groups is 1. The monoisotopic (exact) mass is 285 g/mol. The van der Waals surface area contributed by atoms with E-state index in [0.717, 1.165) is 0 Å². The van der Waals surface area contributed by atoms with Crippen molar-refractivity contribution in [3.63, 3.8) is 0 Å². The zero-order chi connectivity index (χ0) is 12.4. The molecule has 0 aliphatic rings. The molecule has 1 aromatic carbocycles. The van der Waals surface area contributed by atoms with Crippen LogP contribution in [0.4, 0.5) is 0 Å². The van der Waals surface area contributed by atoms with Gasteiger partial charge in [0, 0.05) is 22.3 Å². The van der Waals surface area contributed by atoms with Gasteiger partial charge in [0.2, 0.25) is 0 Å². The van der Waals surface area contributed by atoms with Crippen LogP contribution in [-0.4, -0.2) is 11.3 Å². The normalized spacial score (nSPS) is 10.3. The van der Waals surface area contributed by atoms with Gasteiger partial charge in [-0.2, -0.15) is 0 Å². The number of carbonyl (C=O) groups excluding carboxylic acids is 1. The quantitative estimate of drug-likeness (QED) is 0.760. The Bertz CT molecular complexity index is 584. The predicted molar refractivity (Wildman–Crippen MR) is 70.1 cm³/mol. The van der Waals surface area contributed by atoms with Gasteiger partial charge in [-0.3, -0.25) is 9.78 Å². The minimum atomic E-state index is 0.307. The number of aldehydes is 1. The first kappa shape index (κ1) is 12.4. The van der Waals surface area contributed by atoms with Crippen molar-refractivity contribution in [1.29, 1.82) is 0 Å². The van der Waals surface area contributed by atoms with Crippen LogP contribution >= 0.6 is 34.8 Å². The molecule has 0 saturated heterocycles. The Balaban J connectivity index is 2.60. The fourth-order valence-electron chi connectivity index (χ4n) is 1.39. The molecule has 0 saturated carbocycles. The molecule has 1 heterocycles. The third-order valence-electron chi connectivity index (χ3n) is 2.22. The van der Waals surface area contributed by atoms with Gasteiger partial charge in [-0.15, -0.1) is 0 Å². The summed E-state index contributed by atoms with van der Waals surface area (Å²) in [6.45, 7) is 0. The molecule has 0 unspecified atom stereocenters. The van der Waals surface area contributed by atoms with Crippen molar-refractivity contribution in [3.8, 4) is 11.3 Å². The van der Waals surface area contributed by atoms with Gasteiger partial charge in [0.15, 0.2) is 6.29 Å². The Kier molecular flexibility index (Phi) is 3.67. The number of nitrogens with zero attached hydrogens (tertiary/aromatic N) is 1. The Morgan fingerprint density at radius 3 is 2.53 bits per heavy atom. The fourth-order valence-corrected chi connectivity index (χ4v) is 1.92. The van der Waals surface area contributed by atoms with Crippen LogP contribution in [0.5, 0.6) is 0 Å². The van der Waals surface area contributed by atoms with Gasteiger partial charge in [-0.1, -0.05) is 34.8 Å². The van der Waals surface area contributed by atoms with E-state index in [0.29, 0.717) is 38.2 Å². The van der Waals surface area contributed by atoms with E-state index in [1.54, 1.807) is 24.3 Å². The number of hydrogen-bond donors (Lipinski definition) is 0. The van der Waals surface area contributed by atoms with E-state index in [4.69, 9.17) is 34.8 Å². The highest BCUT2D eigenvalue weighted by Gasteiger charge is 2.08. The van der Waals surface area contributed by atoms with Gasteiger partial charge >= 0.3 is 0 Å². The summed E-state index contributed by atoms with van der Waals surface area (Å²) in [7, 11) is 0. The van der Waals surface area contributed by atoms with Crippen LogP contribution in [0.3, 0.4) is 0 Å². The maximum Gasteiger partial charge on any atom is 0.151 e. The summed E-state index contributed by atoms with van der Waals surface area (Å²) in [5.41, 5.74) is 1.59. The van der Waals surface area contributed by atoms with Crippen molar-refractivity contribution in [2.24, 2.45) is 0 Å². The van der Waals surface area contributed by atoms with Crippen molar-refractivity contribution in [2.45, 2.75) is 0 Å². The van der Waals surface area contributed by atoms with Crippen LogP contribution in [0.1, 0.15) is 10.4 Å². The Hall–Kier alpha value is -1.09. The van der Waals surface area contributed by atoms with Crippen LogP contribution in [0.25, 0.3) is 11.3 Å². The first-order chi connectivity index (χ1) is 8.11. The first-order valence-corrected chi connectivity index (χ1v) is 5.81. The largest absolute Gasteiger partial charge is 0.298 e. The van der Waals surface area contributed by atoms with E-state index >= 15 is 0 Å². The predicted octanol–water partition coefficient (Wildman–Crippen LogP) is 4.52. The first-order valence-electron chi connectivity index (χ1n) is 4.68. The summed E-state index contributed by atoms with van der Waals surface area (Å²) >= 11 is 17.7. The number of pyridine rings is 1. The molecule has 17 heavy (non-hydrogen) atoms. The molecule has 0 atom stereocenters. The lowest BCUT2D eigenvalue weighted by Crippen LogP contribution is -1.89. The van der Waals surface area contributed by atoms with Crippen LogP contribution in [0.2, 0.25) is 15.1 Å².